The summed E-state index contributed by atoms with van der Waals surface area (Å²) in [5.74, 6) is -0.889. The molecule has 0 radical (unpaired) electrons. The predicted octanol–water partition coefficient (Wildman–Crippen LogP) is 2.36. The van der Waals surface area contributed by atoms with Crippen molar-refractivity contribution in [3.63, 3.8) is 0 Å². The van der Waals surface area contributed by atoms with Crippen LogP contribution in [-0.2, 0) is 16.0 Å². The standard InChI is InChI=1S/C21H23N3O5/c1-2-14-4-3-5-18(10-14)23-13-16(11-20(23)26)21(27)22-12-19(25)15-6-8-17(9-7-15)24(28)29/h3-10,16,19,25H,2,11-13H2,1H3,(H,22,27). The molecule has 2 aromatic rings. The highest BCUT2D eigenvalue weighted by Crippen LogP contribution is 2.26. The van der Waals surface area contributed by atoms with Gasteiger partial charge >= 0.3 is 0 Å². The fraction of sp³-hybridized carbons (Fsp3) is 0.333. The zero-order chi connectivity index (χ0) is 21.0. The Labute approximate surface area is 168 Å². The maximum atomic E-state index is 12.5. The van der Waals surface area contributed by atoms with Crippen molar-refractivity contribution in [2.75, 3.05) is 18.0 Å². The van der Waals surface area contributed by atoms with E-state index in [1.807, 2.05) is 31.2 Å². The van der Waals surface area contributed by atoms with Gasteiger partial charge in [-0.15, -0.1) is 0 Å². The Kier molecular flexibility index (Phi) is 6.23. The molecule has 1 aliphatic heterocycles. The summed E-state index contributed by atoms with van der Waals surface area (Å²) in [4.78, 5) is 36.7. The van der Waals surface area contributed by atoms with E-state index in [1.54, 1.807) is 4.90 Å². The number of rotatable bonds is 7. The molecule has 8 heteroatoms. The van der Waals surface area contributed by atoms with Crippen LogP contribution in [0.2, 0.25) is 0 Å². The average molecular weight is 397 g/mol. The Hall–Kier alpha value is -3.26. The molecule has 0 aromatic heterocycles. The fourth-order valence-corrected chi connectivity index (χ4v) is 3.35. The lowest BCUT2D eigenvalue weighted by atomic mass is 10.1. The molecule has 1 aliphatic rings. The smallest absolute Gasteiger partial charge is 0.269 e. The zero-order valence-electron chi connectivity index (χ0n) is 16.1. The number of non-ortho nitro benzene ring substituents is 1. The first-order chi connectivity index (χ1) is 13.9. The van der Waals surface area contributed by atoms with E-state index in [4.69, 9.17) is 0 Å². The number of amides is 2. The van der Waals surface area contributed by atoms with Crippen molar-refractivity contribution in [3.05, 3.63) is 69.8 Å². The van der Waals surface area contributed by atoms with Crippen LogP contribution in [0.3, 0.4) is 0 Å². The minimum atomic E-state index is -0.991. The molecule has 1 fully saturated rings. The molecule has 0 bridgehead atoms. The van der Waals surface area contributed by atoms with Gasteiger partial charge in [-0.3, -0.25) is 19.7 Å². The van der Waals surface area contributed by atoms with Crippen LogP contribution < -0.4 is 10.2 Å². The monoisotopic (exact) mass is 397 g/mol. The summed E-state index contributed by atoms with van der Waals surface area (Å²) in [5.41, 5.74) is 2.31. The zero-order valence-corrected chi connectivity index (χ0v) is 16.1. The van der Waals surface area contributed by atoms with Crippen molar-refractivity contribution >= 4 is 23.2 Å². The van der Waals surface area contributed by atoms with Crippen molar-refractivity contribution in [1.82, 2.24) is 5.32 Å². The van der Waals surface area contributed by atoms with Crippen LogP contribution in [0.25, 0.3) is 0 Å². The molecule has 2 aromatic carbocycles. The van der Waals surface area contributed by atoms with Gasteiger partial charge in [0.25, 0.3) is 5.69 Å². The van der Waals surface area contributed by atoms with Gasteiger partial charge in [-0.05, 0) is 41.8 Å². The lowest BCUT2D eigenvalue weighted by Gasteiger charge is -2.18. The molecule has 1 saturated heterocycles. The SMILES string of the molecule is CCc1cccc(N2CC(C(=O)NCC(O)c3ccc([N+](=O)[O-])cc3)CC2=O)c1. The van der Waals surface area contributed by atoms with Crippen molar-refractivity contribution in [2.45, 2.75) is 25.9 Å². The molecule has 3 rings (SSSR count). The molecule has 29 heavy (non-hydrogen) atoms. The Bertz CT molecular complexity index is 913. The molecule has 0 spiro atoms. The molecule has 8 nitrogen and oxygen atoms in total. The van der Waals surface area contributed by atoms with Crippen LogP contribution in [0.4, 0.5) is 11.4 Å². The number of nitro benzene ring substituents is 1. The number of carbonyl (C=O) groups is 2. The topological polar surface area (TPSA) is 113 Å². The number of hydrogen-bond donors (Lipinski definition) is 2. The molecule has 2 amide bonds. The number of nitrogens with zero attached hydrogens (tertiary/aromatic N) is 2. The quantitative estimate of drug-likeness (QED) is 0.550. The maximum Gasteiger partial charge on any atom is 0.269 e. The molecule has 2 atom stereocenters. The van der Waals surface area contributed by atoms with E-state index >= 15 is 0 Å². The van der Waals surface area contributed by atoms with Crippen LogP contribution in [0.1, 0.15) is 30.6 Å². The highest BCUT2D eigenvalue weighted by atomic mass is 16.6. The van der Waals surface area contributed by atoms with Gasteiger partial charge in [-0.1, -0.05) is 19.1 Å². The second-order valence-corrected chi connectivity index (χ2v) is 7.04. The number of hydrogen-bond acceptors (Lipinski definition) is 5. The van der Waals surface area contributed by atoms with Gasteiger partial charge in [0, 0.05) is 37.3 Å². The summed E-state index contributed by atoms with van der Waals surface area (Å²) in [6.07, 6.45) is -0.00921. The Balaban J connectivity index is 1.57. The summed E-state index contributed by atoms with van der Waals surface area (Å²) >= 11 is 0. The lowest BCUT2D eigenvalue weighted by Crippen LogP contribution is -2.35. The third kappa shape index (κ3) is 4.78. The maximum absolute atomic E-state index is 12.5. The van der Waals surface area contributed by atoms with Crippen molar-refractivity contribution in [3.8, 4) is 0 Å². The average Bonchev–Trinajstić information content (AvgIpc) is 3.13. The van der Waals surface area contributed by atoms with Gasteiger partial charge in [-0.25, -0.2) is 0 Å². The normalized spacial score (nSPS) is 17.2. The fourth-order valence-electron chi connectivity index (χ4n) is 3.35. The summed E-state index contributed by atoms with van der Waals surface area (Å²) in [7, 11) is 0. The Morgan fingerprint density at radius 2 is 2.03 bits per heavy atom. The summed E-state index contributed by atoms with van der Waals surface area (Å²) < 4.78 is 0. The first-order valence-electron chi connectivity index (χ1n) is 9.48. The molecular weight excluding hydrogens is 374 g/mol. The van der Waals surface area contributed by atoms with Crippen LogP contribution in [0.5, 0.6) is 0 Å². The number of aliphatic hydroxyl groups is 1. The number of benzene rings is 2. The second-order valence-electron chi connectivity index (χ2n) is 7.04. The largest absolute Gasteiger partial charge is 0.387 e. The summed E-state index contributed by atoms with van der Waals surface area (Å²) in [5, 5.41) is 23.6. The van der Waals surface area contributed by atoms with E-state index in [9.17, 15) is 24.8 Å². The minimum Gasteiger partial charge on any atom is -0.387 e. The lowest BCUT2D eigenvalue weighted by molar-refractivity contribution is -0.384. The van der Waals surface area contributed by atoms with Crippen LogP contribution in [0.15, 0.2) is 48.5 Å². The first kappa shape index (κ1) is 20.5. The molecule has 2 N–H and O–H groups in total. The molecule has 2 unspecified atom stereocenters. The van der Waals surface area contributed by atoms with Crippen molar-refractivity contribution in [1.29, 1.82) is 0 Å². The first-order valence-corrected chi connectivity index (χ1v) is 9.48. The van der Waals surface area contributed by atoms with Crippen molar-refractivity contribution in [2.24, 2.45) is 5.92 Å². The van der Waals surface area contributed by atoms with Crippen LogP contribution in [-0.4, -0.2) is 34.9 Å². The molecule has 0 saturated carbocycles. The third-order valence-electron chi connectivity index (χ3n) is 5.08. The summed E-state index contributed by atoms with van der Waals surface area (Å²) in [6.45, 7) is 2.30. The number of nitro groups is 1. The molecule has 1 heterocycles. The number of anilines is 1. The highest BCUT2D eigenvalue weighted by Gasteiger charge is 2.35. The van der Waals surface area contributed by atoms with E-state index in [-0.39, 0.29) is 30.5 Å². The van der Waals surface area contributed by atoms with Gasteiger partial charge in [0.2, 0.25) is 11.8 Å². The number of aryl methyl sites for hydroxylation is 1. The minimum absolute atomic E-state index is 0.0351. The van der Waals surface area contributed by atoms with Crippen molar-refractivity contribution < 1.29 is 19.6 Å². The molecule has 152 valence electrons. The van der Waals surface area contributed by atoms with Gasteiger partial charge < -0.3 is 15.3 Å². The summed E-state index contributed by atoms with van der Waals surface area (Å²) in [6, 6.07) is 13.2. The van der Waals surface area contributed by atoms with Gasteiger partial charge in [0.15, 0.2) is 0 Å². The van der Waals surface area contributed by atoms with E-state index in [0.29, 0.717) is 12.1 Å². The van der Waals surface area contributed by atoms with E-state index in [2.05, 4.69) is 5.32 Å². The number of nitrogens with one attached hydrogen (secondary N) is 1. The number of aliphatic hydroxyl groups excluding tert-OH is 1. The van der Waals surface area contributed by atoms with Gasteiger partial charge in [0.05, 0.1) is 16.9 Å². The predicted molar refractivity (Wildman–Crippen MR) is 107 cm³/mol. The molecule has 0 aliphatic carbocycles. The Morgan fingerprint density at radius 3 is 2.69 bits per heavy atom. The highest BCUT2D eigenvalue weighted by molar-refractivity contribution is 6.00. The van der Waals surface area contributed by atoms with Crippen LogP contribution >= 0.6 is 0 Å². The van der Waals surface area contributed by atoms with E-state index < -0.39 is 16.9 Å². The van der Waals surface area contributed by atoms with Crippen LogP contribution in [0, 0.1) is 16.0 Å². The third-order valence-corrected chi connectivity index (χ3v) is 5.08. The second kappa shape index (κ2) is 8.83. The number of carbonyl (C=O) groups excluding carboxylic acids is 2. The van der Waals surface area contributed by atoms with Gasteiger partial charge in [0.1, 0.15) is 0 Å². The van der Waals surface area contributed by atoms with E-state index in [1.165, 1.54) is 24.3 Å². The molecular formula is C21H23N3O5. The van der Waals surface area contributed by atoms with E-state index in [0.717, 1.165) is 17.7 Å². The van der Waals surface area contributed by atoms with Gasteiger partial charge in [-0.2, -0.15) is 0 Å². The Morgan fingerprint density at radius 1 is 1.31 bits per heavy atom.